The molecule has 1 aromatic rings. The molecule has 0 saturated carbocycles. The summed E-state index contributed by atoms with van der Waals surface area (Å²) in [6.07, 6.45) is -4.21. The van der Waals surface area contributed by atoms with Gasteiger partial charge >= 0.3 is 6.18 Å². The quantitative estimate of drug-likeness (QED) is 0.871. The van der Waals surface area contributed by atoms with E-state index in [0.29, 0.717) is 35.2 Å². The number of aliphatic imine (C=N–C) groups is 1. The average Bonchev–Trinajstić information content (AvgIpc) is 2.63. The number of rotatable bonds is 2. The molecule has 1 aromatic carbocycles. The van der Waals surface area contributed by atoms with Crippen LogP contribution in [-0.2, 0) is 9.53 Å². The zero-order valence-electron chi connectivity index (χ0n) is 12.7. The second kappa shape index (κ2) is 6.72. The van der Waals surface area contributed by atoms with Gasteiger partial charge in [-0.05, 0) is 31.0 Å². The smallest absolute Gasteiger partial charge is 0.381 e. The molecule has 2 aliphatic heterocycles. The lowest BCUT2D eigenvalue weighted by molar-refractivity contribution is -0.145. The van der Waals surface area contributed by atoms with Gasteiger partial charge in [0.25, 0.3) is 0 Å². The number of alkyl halides is 3. The summed E-state index contributed by atoms with van der Waals surface area (Å²) in [5.41, 5.74) is 1.48. The van der Waals surface area contributed by atoms with Gasteiger partial charge in [-0.25, -0.2) is 0 Å². The van der Waals surface area contributed by atoms with Crippen molar-refractivity contribution < 1.29 is 22.7 Å². The number of ether oxygens (including phenoxy) is 1. The van der Waals surface area contributed by atoms with Gasteiger partial charge in [0.1, 0.15) is 6.04 Å². The molecule has 2 unspecified atom stereocenters. The number of anilines is 1. The summed E-state index contributed by atoms with van der Waals surface area (Å²) < 4.78 is 43.9. The van der Waals surface area contributed by atoms with Crippen molar-refractivity contribution in [1.82, 2.24) is 0 Å². The van der Waals surface area contributed by atoms with E-state index in [2.05, 4.69) is 10.3 Å². The average molecular weight is 361 g/mol. The molecule has 2 atom stereocenters. The molecule has 1 fully saturated rings. The Bertz CT molecular complexity index is 670. The summed E-state index contributed by atoms with van der Waals surface area (Å²) in [5.74, 6) is -0.912. The largest absolute Gasteiger partial charge is 0.391 e. The van der Waals surface area contributed by atoms with E-state index in [1.165, 1.54) is 6.07 Å². The molecule has 0 aromatic heterocycles. The normalized spacial score (nSPS) is 24.7. The third-order valence-corrected chi connectivity index (χ3v) is 4.32. The van der Waals surface area contributed by atoms with Crippen LogP contribution >= 0.6 is 11.6 Å². The first-order chi connectivity index (χ1) is 11.3. The summed E-state index contributed by atoms with van der Waals surface area (Å²) in [5, 5.41) is 2.92. The van der Waals surface area contributed by atoms with Crippen LogP contribution in [0.3, 0.4) is 0 Å². The number of hydrogen-bond donors (Lipinski definition) is 1. The Morgan fingerprint density at radius 1 is 1.38 bits per heavy atom. The molecular formula is C16H16ClF3N2O2. The monoisotopic (exact) mass is 360 g/mol. The van der Waals surface area contributed by atoms with Gasteiger partial charge in [0.2, 0.25) is 5.91 Å². The van der Waals surface area contributed by atoms with Crippen molar-refractivity contribution in [1.29, 1.82) is 0 Å². The van der Waals surface area contributed by atoms with Crippen LogP contribution in [0.1, 0.15) is 24.8 Å². The van der Waals surface area contributed by atoms with Crippen LogP contribution in [0, 0.1) is 5.92 Å². The summed E-state index contributed by atoms with van der Waals surface area (Å²) in [6, 6.07) is 3.34. The Morgan fingerprint density at radius 2 is 2.17 bits per heavy atom. The number of benzene rings is 1. The van der Waals surface area contributed by atoms with Crippen LogP contribution in [0.15, 0.2) is 23.2 Å². The number of carbonyl (C=O) groups is 1. The van der Waals surface area contributed by atoms with Crippen molar-refractivity contribution in [2.24, 2.45) is 10.9 Å². The van der Waals surface area contributed by atoms with Gasteiger partial charge < -0.3 is 10.1 Å². The van der Waals surface area contributed by atoms with Crippen LogP contribution in [0.25, 0.3) is 0 Å². The fourth-order valence-electron chi connectivity index (χ4n) is 2.99. The molecule has 1 amide bonds. The molecule has 2 heterocycles. The minimum atomic E-state index is -4.48. The fraction of sp³-hybridized carbons (Fsp3) is 0.500. The molecule has 0 bridgehead atoms. The van der Waals surface area contributed by atoms with E-state index in [1.807, 2.05) is 0 Å². The van der Waals surface area contributed by atoms with Crippen LogP contribution in [0.2, 0.25) is 5.02 Å². The van der Waals surface area contributed by atoms with E-state index in [9.17, 15) is 18.0 Å². The molecule has 4 nitrogen and oxygen atoms in total. The summed E-state index contributed by atoms with van der Waals surface area (Å²) in [4.78, 5) is 16.4. The third kappa shape index (κ3) is 3.89. The number of hydrogen-bond acceptors (Lipinski definition) is 3. The van der Waals surface area contributed by atoms with Crippen molar-refractivity contribution >= 4 is 28.9 Å². The van der Waals surface area contributed by atoms with Gasteiger partial charge in [-0.15, -0.1) is 0 Å². The predicted octanol–water partition coefficient (Wildman–Crippen LogP) is 3.83. The predicted molar refractivity (Wildman–Crippen MR) is 84.6 cm³/mol. The van der Waals surface area contributed by atoms with Crippen molar-refractivity contribution in [3.8, 4) is 0 Å². The zero-order valence-corrected chi connectivity index (χ0v) is 13.5. The highest BCUT2D eigenvalue weighted by molar-refractivity contribution is 6.31. The number of halogens is 4. The van der Waals surface area contributed by atoms with Crippen molar-refractivity contribution in [3.05, 3.63) is 28.8 Å². The number of amides is 1. The molecule has 0 radical (unpaired) electrons. The number of fused-ring (bicyclic) bond motifs is 1. The Labute approximate surface area is 142 Å². The van der Waals surface area contributed by atoms with E-state index in [0.717, 1.165) is 12.8 Å². The highest BCUT2D eigenvalue weighted by Gasteiger charge is 2.38. The number of nitrogens with zero attached hydrogens (tertiary/aromatic N) is 1. The van der Waals surface area contributed by atoms with Crippen molar-refractivity contribution in [3.63, 3.8) is 0 Å². The highest BCUT2D eigenvalue weighted by Crippen LogP contribution is 2.32. The van der Waals surface area contributed by atoms with Gasteiger partial charge in [0, 0.05) is 23.1 Å². The van der Waals surface area contributed by atoms with Gasteiger partial charge in [0.05, 0.1) is 24.4 Å². The Kier molecular flexibility index (Phi) is 4.83. The van der Waals surface area contributed by atoms with E-state index in [4.69, 9.17) is 16.3 Å². The minimum absolute atomic E-state index is 0.137. The molecule has 8 heteroatoms. The molecule has 0 spiro atoms. The zero-order chi connectivity index (χ0) is 17.3. The molecule has 1 N–H and O–H groups in total. The molecule has 2 aliphatic rings. The molecule has 1 saturated heterocycles. The molecule has 0 aliphatic carbocycles. The molecule has 3 rings (SSSR count). The highest BCUT2D eigenvalue weighted by atomic mass is 35.5. The standard InChI is InChI=1S/C16H16ClF3N2O2/c17-10-3-4-11-12(6-10)22-15(23)13(7-16(18,19)20)21-14(11)9-2-1-5-24-8-9/h3-4,6,9,13H,1-2,5,7-8H2,(H,22,23). The van der Waals surface area contributed by atoms with Gasteiger partial charge in [0.15, 0.2) is 0 Å². The first-order valence-electron chi connectivity index (χ1n) is 7.66. The van der Waals surface area contributed by atoms with Crippen LogP contribution < -0.4 is 5.32 Å². The lowest BCUT2D eigenvalue weighted by Gasteiger charge is -2.25. The lowest BCUT2D eigenvalue weighted by Crippen LogP contribution is -2.31. The molecule has 130 valence electrons. The van der Waals surface area contributed by atoms with E-state index in [1.54, 1.807) is 12.1 Å². The Balaban J connectivity index is 2.03. The third-order valence-electron chi connectivity index (χ3n) is 4.08. The first kappa shape index (κ1) is 17.2. The van der Waals surface area contributed by atoms with Gasteiger partial charge in [-0.3, -0.25) is 9.79 Å². The summed E-state index contributed by atoms with van der Waals surface area (Å²) in [7, 11) is 0. The molecular weight excluding hydrogens is 345 g/mol. The number of benzodiazepines with no additional fused rings is 1. The van der Waals surface area contributed by atoms with E-state index in [-0.39, 0.29) is 5.92 Å². The fourth-order valence-corrected chi connectivity index (χ4v) is 3.17. The van der Waals surface area contributed by atoms with Gasteiger partial charge in [-0.2, -0.15) is 13.2 Å². The molecule has 24 heavy (non-hydrogen) atoms. The maximum absolute atomic E-state index is 12.8. The topological polar surface area (TPSA) is 50.7 Å². The second-order valence-corrected chi connectivity index (χ2v) is 6.38. The van der Waals surface area contributed by atoms with Crippen LogP contribution in [0.5, 0.6) is 0 Å². The Morgan fingerprint density at radius 3 is 2.83 bits per heavy atom. The first-order valence-corrected chi connectivity index (χ1v) is 8.04. The van der Waals surface area contributed by atoms with Crippen LogP contribution in [0.4, 0.5) is 18.9 Å². The lowest BCUT2D eigenvalue weighted by atomic mass is 9.91. The van der Waals surface area contributed by atoms with Gasteiger partial charge in [-0.1, -0.05) is 11.6 Å². The van der Waals surface area contributed by atoms with Crippen molar-refractivity contribution in [2.75, 3.05) is 18.5 Å². The Hall–Kier alpha value is -1.60. The maximum Gasteiger partial charge on any atom is 0.391 e. The number of nitrogens with one attached hydrogen (secondary N) is 1. The van der Waals surface area contributed by atoms with Crippen molar-refractivity contribution in [2.45, 2.75) is 31.5 Å². The van der Waals surface area contributed by atoms with E-state index < -0.39 is 24.5 Å². The maximum atomic E-state index is 12.8. The van der Waals surface area contributed by atoms with E-state index >= 15 is 0 Å². The second-order valence-electron chi connectivity index (χ2n) is 5.94. The minimum Gasteiger partial charge on any atom is -0.381 e. The summed E-state index contributed by atoms with van der Waals surface area (Å²) >= 11 is 5.96. The summed E-state index contributed by atoms with van der Waals surface area (Å²) in [6.45, 7) is 1.01. The SMILES string of the molecule is O=C1Nc2cc(Cl)ccc2C(C2CCCOC2)=NC1CC(F)(F)F. The number of carbonyl (C=O) groups excluding carboxylic acids is 1. The van der Waals surface area contributed by atoms with Crippen LogP contribution in [-0.4, -0.2) is 37.1 Å².